The van der Waals surface area contributed by atoms with Gasteiger partial charge in [-0.25, -0.2) is 0 Å². The van der Waals surface area contributed by atoms with Crippen LogP contribution in [0.25, 0.3) is 6.08 Å². The Morgan fingerprint density at radius 1 is 1.04 bits per heavy atom. The number of rotatable bonds is 6. The summed E-state index contributed by atoms with van der Waals surface area (Å²) >= 11 is 0. The summed E-state index contributed by atoms with van der Waals surface area (Å²) in [5.74, 6) is -0.174. The van der Waals surface area contributed by atoms with E-state index in [0.29, 0.717) is 6.61 Å². The molecule has 0 radical (unpaired) electrons. The van der Waals surface area contributed by atoms with Gasteiger partial charge in [0.15, 0.2) is 0 Å². The molecule has 0 spiro atoms. The van der Waals surface area contributed by atoms with Crippen molar-refractivity contribution in [3.05, 3.63) is 76.9 Å². The number of benzene rings is 2. The van der Waals surface area contributed by atoms with Gasteiger partial charge >= 0.3 is 5.97 Å². The number of nitrogens with zero attached hydrogens (tertiary/aromatic N) is 1. The van der Waals surface area contributed by atoms with E-state index in [-0.39, 0.29) is 5.97 Å². The van der Waals surface area contributed by atoms with E-state index in [1.165, 1.54) is 16.7 Å². The van der Waals surface area contributed by atoms with Gasteiger partial charge < -0.3 is 4.74 Å². The lowest BCUT2D eigenvalue weighted by Gasteiger charge is -2.28. The highest BCUT2D eigenvalue weighted by molar-refractivity contribution is 5.82. The van der Waals surface area contributed by atoms with Crippen LogP contribution in [0.5, 0.6) is 0 Å². The molecule has 0 aromatic heterocycles. The number of carbonyl (C=O) groups excluding carboxylic acids is 1. The topological polar surface area (TPSA) is 29.5 Å². The molecule has 1 heterocycles. The van der Waals surface area contributed by atoms with Crippen molar-refractivity contribution in [1.29, 1.82) is 0 Å². The molecule has 1 fully saturated rings. The van der Waals surface area contributed by atoms with Crippen LogP contribution in [0.1, 0.15) is 50.3 Å². The first-order valence-electron chi connectivity index (χ1n) is 10.2. The second kappa shape index (κ2) is 9.20. The van der Waals surface area contributed by atoms with Crippen molar-refractivity contribution in [2.45, 2.75) is 45.6 Å². The third-order valence-electron chi connectivity index (χ3n) is 5.54. The molecule has 0 N–H and O–H groups in total. The molecule has 3 rings (SSSR count). The van der Waals surface area contributed by atoms with Crippen LogP contribution in [0.15, 0.2) is 60.2 Å². The van der Waals surface area contributed by atoms with Crippen LogP contribution in [-0.4, -0.2) is 30.6 Å². The molecule has 28 heavy (non-hydrogen) atoms. The minimum absolute atomic E-state index is 0.174. The Balaban J connectivity index is 1.58. The lowest BCUT2D eigenvalue weighted by molar-refractivity contribution is -0.148. The molecule has 3 heteroatoms. The molecule has 3 nitrogen and oxygen atoms in total. The maximum Gasteiger partial charge on any atom is 0.315 e. The summed E-state index contributed by atoms with van der Waals surface area (Å²) in [7, 11) is 0. The molecule has 0 aliphatic carbocycles. The molecule has 148 valence electrons. The number of carbonyl (C=O) groups is 1. The fraction of sp³-hybridized carbons (Fsp3) is 0.400. The molecule has 1 aliphatic rings. The van der Waals surface area contributed by atoms with Crippen LogP contribution in [0.2, 0.25) is 0 Å². The Labute approximate surface area is 169 Å². The molecule has 0 bridgehead atoms. The summed E-state index contributed by atoms with van der Waals surface area (Å²) in [6.07, 6.45) is 4.53. The van der Waals surface area contributed by atoms with Gasteiger partial charge in [0.2, 0.25) is 0 Å². The van der Waals surface area contributed by atoms with Crippen molar-refractivity contribution in [2.24, 2.45) is 0 Å². The molecule has 0 atom stereocenters. The minimum Gasteiger partial charge on any atom is -0.465 e. The Morgan fingerprint density at radius 2 is 1.68 bits per heavy atom. The van der Waals surface area contributed by atoms with Crippen molar-refractivity contribution >= 4 is 12.0 Å². The van der Waals surface area contributed by atoms with E-state index in [0.717, 1.165) is 38.0 Å². The number of piperidine rings is 1. The van der Waals surface area contributed by atoms with Gasteiger partial charge in [-0.2, -0.15) is 0 Å². The first kappa shape index (κ1) is 20.3. The molecule has 0 amide bonds. The van der Waals surface area contributed by atoms with Gasteiger partial charge in [0.1, 0.15) is 0 Å². The summed E-state index contributed by atoms with van der Waals surface area (Å²) in [6, 6.07) is 19.0. The average molecular weight is 378 g/mol. The molecule has 2 aromatic rings. The van der Waals surface area contributed by atoms with Crippen molar-refractivity contribution < 1.29 is 9.53 Å². The number of ether oxygens (including phenoxy) is 1. The maximum atomic E-state index is 12.2. The molecule has 1 aliphatic heterocycles. The lowest BCUT2D eigenvalue weighted by atomic mass is 9.84. The SMILES string of the molecule is CCOC(=O)C(C)(C)c1ccc(C=C2CCN(Cc3ccccc3)CC2)cc1. The summed E-state index contributed by atoms with van der Waals surface area (Å²) in [4.78, 5) is 14.7. The van der Waals surface area contributed by atoms with Crippen LogP contribution in [0.4, 0.5) is 0 Å². The smallest absolute Gasteiger partial charge is 0.315 e. The van der Waals surface area contributed by atoms with Gasteiger partial charge in [0, 0.05) is 19.6 Å². The van der Waals surface area contributed by atoms with Crippen LogP contribution in [0.3, 0.4) is 0 Å². The Bertz CT molecular complexity index is 796. The van der Waals surface area contributed by atoms with Crippen LogP contribution < -0.4 is 0 Å². The minimum atomic E-state index is -0.621. The second-order valence-electron chi connectivity index (χ2n) is 8.03. The van der Waals surface area contributed by atoms with E-state index in [1.54, 1.807) is 0 Å². The number of likely N-dealkylation sites (tertiary alicyclic amines) is 1. The van der Waals surface area contributed by atoms with E-state index < -0.39 is 5.41 Å². The van der Waals surface area contributed by atoms with Crippen molar-refractivity contribution in [2.75, 3.05) is 19.7 Å². The van der Waals surface area contributed by atoms with Gasteiger partial charge in [-0.05, 0) is 50.3 Å². The fourth-order valence-electron chi connectivity index (χ4n) is 3.65. The van der Waals surface area contributed by atoms with Gasteiger partial charge in [0.05, 0.1) is 12.0 Å². The predicted molar refractivity (Wildman–Crippen MR) is 115 cm³/mol. The summed E-state index contributed by atoms with van der Waals surface area (Å²) in [5, 5.41) is 0. The van der Waals surface area contributed by atoms with Gasteiger partial charge in [-0.15, -0.1) is 0 Å². The maximum absolute atomic E-state index is 12.2. The van der Waals surface area contributed by atoms with Gasteiger partial charge in [-0.1, -0.05) is 66.2 Å². The van der Waals surface area contributed by atoms with Gasteiger partial charge in [0.25, 0.3) is 0 Å². The molecule has 1 saturated heterocycles. The number of esters is 1. The third kappa shape index (κ3) is 5.11. The zero-order valence-electron chi connectivity index (χ0n) is 17.3. The monoisotopic (exact) mass is 377 g/mol. The molecule has 0 saturated carbocycles. The molecule has 0 unspecified atom stereocenters. The molecular formula is C25H31NO2. The van der Waals surface area contributed by atoms with Crippen molar-refractivity contribution in [3.8, 4) is 0 Å². The highest BCUT2D eigenvalue weighted by atomic mass is 16.5. The average Bonchev–Trinajstić information content (AvgIpc) is 2.71. The number of hydrogen-bond donors (Lipinski definition) is 0. The first-order valence-corrected chi connectivity index (χ1v) is 10.2. The fourth-order valence-corrected chi connectivity index (χ4v) is 3.65. The quantitative estimate of drug-likeness (QED) is 0.648. The van der Waals surface area contributed by atoms with E-state index in [9.17, 15) is 4.79 Å². The molecular weight excluding hydrogens is 346 g/mol. The normalized spacial score (nSPS) is 15.3. The standard InChI is InChI=1S/C25H31NO2/c1-4-28-24(27)25(2,3)23-12-10-20(11-13-23)18-21-14-16-26(17-15-21)19-22-8-6-5-7-9-22/h5-13,18H,4,14-17,19H2,1-3H3. The van der Waals surface area contributed by atoms with E-state index in [2.05, 4.69) is 53.4 Å². The summed E-state index contributed by atoms with van der Waals surface area (Å²) in [6.45, 7) is 9.33. The molecule has 2 aromatic carbocycles. The highest BCUT2D eigenvalue weighted by Gasteiger charge is 2.31. The highest BCUT2D eigenvalue weighted by Crippen LogP contribution is 2.26. The van der Waals surface area contributed by atoms with Crippen molar-refractivity contribution in [1.82, 2.24) is 4.90 Å². The third-order valence-corrected chi connectivity index (χ3v) is 5.54. The summed E-state index contributed by atoms with van der Waals surface area (Å²) in [5.41, 5.74) is 4.46. The van der Waals surface area contributed by atoms with E-state index in [1.807, 2.05) is 32.9 Å². The van der Waals surface area contributed by atoms with Crippen molar-refractivity contribution in [3.63, 3.8) is 0 Å². The Kier molecular flexibility index (Phi) is 6.69. The van der Waals surface area contributed by atoms with Crippen LogP contribution in [0, 0.1) is 0 Å². The van der Waals surface area contributed by atoms with E-state index in [4.69, 9.17) is 4.74 Å². The zero-order valence-corrected chi connectivity index (χ0v) is 17.3. The Morgan fingerprint density at radius 3 is 2.29 bits per heavy atom. The Hall–Kier alpha value is -2.39. The first-order chi connectivity index (χ1) is 13.5. The summed E-state index contributed by atoms with van der Waals surface area (Å²) < 4.78 is 5.21. The number of hydrogen-bond acceptors (Lipinski definition) is 3. The van der Waals surface area contributed by atoms with Crippen LogP contribution in [-0.2, 0) is 21.5 Å². The second-order valence-corrected chi connectivity index (χ2v) is 8.03. The zero-order chi connectivity index (χ0) is 20.0. The van der Waals surface area contributed by atoms with Gasteiger partial charge in [-0.3, -0.25) is 9.69 Å². The lowest BCUT2D eigenvalue weighted by Crippen LogP contribution is -2.31. The van der Waals surface area contributed by atoms with Crippen LogP contribution >= 0.6 is 0 Å². The largest absolute Gasteiger partial charge is 0.465 e. The predicted octanol–water partition coefficient (Wildman–Crippen LogP) is 5.21. The van der Waals surface area contributed by atoms with E-state index >= 15 is 0 Å².